The highest BCUT2D eigenvalue weighted by molar-refractivity contribution is 5.84. The zero-order chi connectivity index (χ0) is 25.2. The quantitative estimate of drug-likeness (QED) is 0.396. The SMILES string of the molecule is CCCC[C@H](CC(=O)NC(CCOC)C(=O)O)NC(=O)OCC1c2ccccc2-c2ccccc21. The Kier molecular flexibility index (Phi) is 9.66. The minimum Gasteiger partial charge on any atom is -0.480 e. The summed E-state index contributed by atoms with van der Waals surface area (Å²) in [6.45, 7) is 2.43. The molecule has 0 aliphatic heterocycles. The normalized spacial score (nSPS) is 13.9. The van der Waals surface area contributed by atoms with Crippen LogP contribution in [0, 0.1) is 0 Å². The number of hydrogen-bond acceptors (Lipinski definition) is 5. The Morgan fingerprint density at radius 3 is 2.17 bits per heavy atom. The summed E-state index contributed by atoms with van der Waals surface area (Å²) in [5.41, 5.74) is 4.55. The van der Waals surface area contributed by atoms with E-state index in [1.54, 1.807) is 0 Å². The molecule has 3 rings (SSSR count). The number of aliphatic carboxylic acids is 1. The lowest BCUT2D eigenvalue weighted by Gasteiger charge is -2.21. The number of alkyl carbamates (subject to hydrolysis) is 1. The fourth-order valence-corrected chi connectivity index (χ4v) is 4.45. The lowest BCUT2D eigenvalue weighted by Crippen LogP contribution is -2.45. The number of carbonyl (C=O) groups is 3. The summed E-state index contributed by atoms with van der Waals surface area (Å²) in [6.07, 6.45) is 1.85. The van der Waals surface area contributed by atoms with Crippen LogP contribution in [-0.2, 0) is 19.1 Å². The van der Waals surface area contributed by atoms with Crippen LogP contribution in [0.4, 0.5) is 4.79 Å². The van der Waals surface area contributed by atoms with E-state index in [1.165, 1.54) is 7.11 Å². The van der Waals surface area contributed by atoms with E-state index in [2.05, 4.69) is 34.9 Å². The number of benzene rings is 2. The Balaban J connectivity index is 1.59. The molecule has 2 aromatic carbocycles. The number of methoxy groups -OCH3 is 1. The number of amides is 2. The van der Waals surface area contributed by atoms with Crippen molar-refractivity contribution < 1.29 is 29.0 Å². The number of rotatable bonds is 13. The van der Waals surface area contributed by atoms with E-state index >= 15 is 0 Å². The lowest BCUT2D eigenvalue weighted by atomic mass is 9.98. The maximum Gasteiger partial charge on any atom is 0.407 e. The number of fused-ring (bicyclic) bond motifs is 3. The van der Waals surface area contributed by atoms with Crippen molar-refractivity contribution >= 4 is 18.0 Å². The summed E-state index contributed by atoms with van der Waals surface area (Å²) in [6, 6.07) is 14.7. The van der Waals surface area contributed by atoms with Crippen molar-refractivity contribution in [1.29, 1.82) is 0 Å². The van der Waals surface area contributed by atoms with Crippen LogP contribution in [0.15, 0.2) is 48.5 Å². The smallest absolute Gasteiger partial charge is 0.407 e. The van der Waals surface area contributed by atoms with Crippen LogP contribution in [0.5, 0.6) is 0 Å². The molecule has 1 aliphatic rings. The molecule has 0 bridgehead atoms. The molecule has 0 saturated carbocycles. The molecule has 3 N–H and O–H groups in total. The second-order valence-corrected chi connectivity index (χ2v) is 8.75. The van der Waals surface area contributed by atoms with E-state index in [0.29, 0.717) is 6.42 Å². The van der Waals surface area contributed by atoms with Crippen LogP contribution in [0.3, 0.4) is 0 Å². The van der Waals surface area contributed by atoms with Crippen molar-refractivity contribution in [3.63, 3.8) is 0 Å². The van der Waals surface area contributed by atoms with Gasteiger partial charge in [0.05, 0.1) is 0 Å². The molecule has 0 aromatic heterocycles. The fraction of sp³-hybridized carbons (Fsp3) is 0.444. The van der Waals surface area contributed by atoms with Gasteiger partial charge in [0.15, 0.2) is 0 Å². The molecule has 2 atom stereocenters. The molecular weight excluding hydrogens is 448 g/mol. The van der Waals surface area contributed by atoms with Gasteiger partial charge >= 0.3 is 12.1 Å². The molecule has 188 valence electrons. The molecule has 2 aromatic rings. The van der Waals surface area contributed by atoms with E-state index in [4.69, 9.17) is 9.47 Å². The Morgan fingerprint density at radius 2 is 1.60 bits per heavy atom. The van der Waals surface area contributed by atoms with E-state index in [9.17, 15) is 19.5 Å². The fourth-order valence-electron chi connectivity index (χ4n) is 4.45. The number of carboxylic acids is 1. The topological polar surface area (TPSA) is 114 Å². The maximum absolute atomic E-state index is 12.7. The summed E-state index contributed by atoms with van der Waals surface area (Å²) in [5, 5.41) is 14.6. The summed E-state index contributed by atoms with van der Waals surface area (Å²) in [7, 11) is 1.47. The predicted molar refractivity (Wildman–Crippen MR) is 132 cm³/mol. The monoisotopic (exact) mass is 482 g/mol. The number of carbonyl (C=O) groups excluding carboxylic acids is 2. The third kappa shape index (κ3) is 7.05. The minimum atomic E-state index is -1.12. The van der Waals surface area contributed by atoms with Crippen molar-refractivity contribution in [2.75, 3.05) is 20.3 Å². The standard InChI is InChI=1S/C27H34N2O6/c1-3-4-9-18(16-25(30)29-24(26(31)32)14-15-34-2)28-27(33)35-17-23-21-12-7-5-10-19(21)20-11-6-8-13-22(20)23/h5-8,10-13,18,23-24H,3-4,9,14-17H2,1-2H3,(H,28,33)(H,29,30)(H,31,32)/t18-,24?/m1/s1. The lowest BCUT2D eigenvalue weighted by molar-refractivity contribution is -0.142. The van der Waals surface area contributed by atoms with Gasteiger partial charge in [0, 0.05) is 38.5 Å². The van der Waals surface area contributed by atoms with Crippen molar-refractivity contribution in [2.24, 2.45) is 0 Å². The highest BCUT2D eigenvalue weighted by atomic mass is 16.5. The predicted octanol–water partition coefficient (Wildman–Crippen LogP) is 4.08. The van der Waals surface area contributed by atoms with Crippen LogP contribution < -0.4 is 10.6 Å². The van der Waals surface area contributed by atoms with Gasteiger partial charge in [-0.3, -0.25) is 4.79 Å². The number of unbranched alkanes of at least 4 members (excludes halogenated alkanes) is 1. The van der Waals surface area contributed by atoms with E-state index < -0.39 is 30.1 Å². The molecule has 8 nitrogen and oxygen atoms in total. The molecule has 8 heteroatoms. The van der Waals surface area contributed by atoms with Gasteiger partial charge in [-0.1, -0.05) is 68.3 Å². The zero-order valence-corrected chi connectivity index (χ0v) is 20.3. The van der Waals surface area contributed by atoms with Crippen LogP contribution in [0.25, 0.3) is 11.1 Å². The van der Waals surface area contributed by atoms with Crippen LogP contribution in [0.1, 0.15) is 56.1 Å². The number of hydrogen-bond donors (Lipinski definition) is 3. The van der Waals surface area contributed by atoms with E-state index in [0.717, 1.165) is 35.1 Å². The molecule has 0 radical (unpaired) electrons. The first-order chi connectivity index (χ1) is 16.9. The van der Waals surface area contributed by atoms with Crippen LogP contribution in [0.2, 0.25) is 0 Å². The Labute approximate surface area is 206 Å². The summed E-state index contributed by atoms with van der Waals surface area (Å²) >= 11 is 0. The average molecular weight is 483 g/mol. The van der Waals surface area contributed by atoms with Gasteiger partial charge in [0.2, 0.25) is 5.91 Å². The van der Waals surface area contributed by atoms with Crippen molar-refractivity contribution in [3.05, 3.63) is 59.7 Å². The number of ether oxygens (including phenoxy) is 2. The van der Waals surface area contributed by atoms with Gasteiger partial charge in [-0.25, -0.2) is 9.59 Å². The molecule has 1 unspecified atom stereocenters. The highest BCUT2D eigenvalue weighted by Gasteiger charge is 2.29. The van der Waals surface area contributed by atoms with E-state index in [-0.39, 0.29) is 32.0 Å². The molecule has 0 fully saturated rings. The first kappa shape index (κ1) is 26.2. The molecule has 0 saturated heterocycles. The Morgan fingerprint density at radius 1 is 0.971 bits per heavy atom. The number of nitrogens with one attached hydrogen (secondary N) is 2. The van der Waals surface area contributed by atoms with Crippen molar-refractivity contribution in [3.8, 4) is 11.1 Å². The summed E-state index contributed by atoms with van der Waals surface area (Å²) in [4.78, 5) is 36.6. The van der Waals surface area contributed by atoms with Crippen molar-refractivity contribution in [1.82, 2.24) is 10.6 Å². The molecule has 0 heterocycles. The number of carboxylic acid groups (broad SMARTS) is 1. The minimum absolute atomic E-state index is 0.0268. The van der Waals surface area contributed by atoms with Crippen molar-refractivity contribution in [2.45, 2.75) is 57.0 Å². The largest absolute Gasteiger partial charge is 0.480 e. The van der Waals surface area contributed by atoms with Gasteiger partial charge in [0.1, 0.15) is 12.6 Å². The van der Waals surface area contributed by atoms with Gasteiger partial charge in [0.25, 0.3) is 0 Å². The van der Waals surface area contributed by atoms with Gasteiger partial charge in [-0.2, -0.15) is 0 Å². The second-order valence-electron chi connectivity index (χ2n) is 8.75. The third-order valence-corrected chi connectivity index (χ3v) is 6.25. The van der Waals surface area contributed by atoms with Gasteiger partial charge < -0.3 is 25.2 Å². The van der Waals surface area contributed by atoms with E-state index in [1.807, 2.05) is 31.2 Å². The summed E-state index contributed by atoms with van der Waals surface area (Å²) < 4.78 is 10.5. The highest BCUT2D eigenvalue weighted by Crippen LogP contribution is 2.44. The Bertz CT molecular complexity index is 979. The van der Waals surface area contributed by atoms with Crippen LogP contribution in [-0.4, -0.2) is 55.5 Å². The van der Waals surface area contributed by atoms with Gasteiger partial charge in [-0.15, -0.1) is 0 Å². The van der Waals surface area contributed by atoms with Crippen LogP contribution >= 0.6 is 0 Å². The zero-order valence-electron chi connectivity index (χ0n) is 20.3. The first-order valence-corrected chi connectivity index (χ1v) is 12.1. The van der Waals surface area contributed by atoms with Gasteiger partial charge in [-0.05, 0) is 28.7 Å². The average Bonchev–Trinajstić information content (AvgIpc) is 3.17. The first-order valence-electron chi connectivity index (χ1n) is 12.1. The molecular formula is C27H34N2O6. The molecule has 35 heavy (non-hydrogen) atoms. The molecule has 2 amide bonds. The third-order valence-electron chi connectivity index (χ3n) is 6.25. The second kappa shape index (κ2) is 12.9. The Hall–Kier alpha value is -3.39. The maximum atomic E-state index is 12.7. The molecule has 0 spiro atoms. The molecule has 1 aliphatic carbocycles. The summed E-state index contributed by atoms with van der Waals surface area (Å²) in [5.74, 6) is -1.61.